The van der Waals surface area contributed by atoms with Gasteiger partial charge in [-0.25, -0.2) is 0 Å². The van der Waals surface area contributed by atoms with Crippen LogP contribution in [0, 0.1) is 0 Å². The van der Waals surface area contributed by atoms with Gasteiger partial charge < -0.3 is 9.47 Å². The molecule has 0 spiro atoms. The Morgan fingerprint density at radius 1 is 1.29 bits per heavy atom. The number of likely N-dealkylation sites (tertiary alicyclic amines) is 1. The SMILES string of the molecule is CC[C@@]12CCN(C)C(Cc3ccc(OC(C)=O)cc31)[C@@H]2OC(C)=O. The molecule has 1 saturated heterocycles. The topological polar surface area (TPSA) is 55.8 Å². The molecule has 1 heterocycles. The number of hydrogen-bond acceptors (Lipinski definition) is 5. The molecule has 2 bridgehead atoms. The Hall–Kier alpha value is -1.88. The van der Waals surface area contributed by atoms with E-state index in [1.54, 1.807) is 0 Å². The van der Waals surface area contributed by atoms with Crippen LogP contribution in [0.3, 0.4) is 0 Å². The summed E-state index contributed by atoms with van der Waals surface area (Å²) in [5.41, 5.74) is 2.21. The molecule has 1 aromatic rings. The van der Waals surface area contributed by atoms with Gasteiger partial charge in [0.1, 0.15) is 11.9 Å². The first kappa shape index (κ1) is 17.0. The maximum absolute atomic E-state index is 11.7. The molecule has 1 fully saturated rings. The average Bonchev–Trinajstić information content (AvgIpc) is 2.51. The van der Waals surface area contributed by atoms with E-state index in [0.717, 1.165) is 25.8 Å². The fourth-order valence-corrected chi connectivity index (χ4v) is 4.42. The van der Waals surface area contributed by atoms with Gasteiger partial charge in [0, 0.05) is 19.3 Å². The Morgan fingerprint density at radius 3 is 2.67 bits per heavy atom. The van der Waals surface area contributed by atoms with Gasteiger partial charge in [0.2, 0.25) is 0 Å². The van der Waals surface area contributed by atoms with Gasteiger partial charge in [0.25, 0.3) is 0 Å². The standard InChI is InChI=1S/C19H25NO4/c1-5-19-8-9-20(4)17(18(19)24-13(3)22)10-14-6-7-15(11-16(14)19)23-12(2)21/h6-7,11,17-18H,5,8-10H2,1-4H3/t17?,18-,19+/m0/s1. The van der Waals surface area contributed by atoms with Crippen LogP contribution in [0.25, 0.3) is 0 Å². The van der Waals surface area contributed by atoms with Crippen LogP contribution in [-0.2, 0) is 26.2 Å². The molecule has 0 N–H and O–H groups in total. The lowest BCUT2D eigenvalue weighted by Crippen LogP contribution is -2.63. The van der Waals surface area contributed by atoms with Crippen LogP contribution in [0.4, 0.5) is 0 Å². The zero-order chi connectivity index (χ0) is 17.5. The first-order valence-corrected chi connectivity index (χ1v) is 8.56. The number of carbonyl (C=O) groups excluding carboxylic acids is 2. The number of piperidine rings is 1. The van der Waals surface area contributed by atoms with E-state index in [9.17, 15) is 9.59 Å². The minimum absolute atomic E-state index is 0.168. The number of fused-ring (bicyclic) bond motifs is 4. The van der Waals surface area contributed by atoms with E-state index in [4.69, 9.17) is 9.47 Å². The number of likely N-dealkylation sites (N-methyl/N-ethyl adjacent to an activating group) is 1. The van der Waals surface area contributed by atoms with E-state index in [-0.39, 0.29) is 29.5 Å². The highest BCUT2D eigenvalue weighted by Gasteiger charge is 2.53. The van der Waals surface area contributed by atoms with E-state index >= 15 is 0 Å². The van der Waals surface area contributed by atoms with Crippen molar-refractivity contribution < 1.29 is 19.1 Å². The first-order chi connectivity index (χ1) is 11.4. The van der Waals surface area contributed by atoms with Crippen LogP contribution in [0.15, 0.2) is 18.2 Å². The summed E-state index contributed by atoms with van der Waals surface area (Å²) in [6.07, 6.45) is 2.47. The molecule has 3 rings (SSSR count). The molecule has 24 heavy (non-hydrogen) atoms. The molecule has 5 heteroatoms. The minimum Gasteiger partial charge on any atom is -0.460 e. The van der Waals surface area contributed by atoms with Gasteiger partial charge in [0.05, 0.1) is 6.04 Å². The summed E-state index contributed by atoms with van der Waals surface area (Å²) in [6, 6.07) is 6.06. The number of benzene rings is 1. The highest BCUT2D eigenvalue weighted by molar-refractivity contribution is 5.69. The number of hydrogen-bond donors (Lipinski definition) is 0. The predicted molar refractivity (Wildman–Crippen MR) is 90.0 cm³/mol. The van der Waals surface area contributed by atoms with Gasteiger partial charge in [-0.3, -0.25) is 14.5 Å². The van der Waals surface area contributed by atoms with E-state index < -0.39 is 0 Å². The molecular weight excluding hydrogens is 306 g/mol. The van der Waals surface area contributed by atoms with Crippen LogP contribution >= 0.6 is 0 Å². The second-order valence-corrected chi connectivity index (χ2v) is 6.95. The monoisotopic (exact) mass is 331 g/mol. The van der Waals surface area contributed by atoms with Gasteiger partial charge in [0.15, 0.2) is 0 Å². The fraction of sp³-hybridized carbons (Fsp3) is 0.579. The van der Waals surface area contributed by atoms with Crippen molar-refractivity contribution in [3.63, 3.8) is 0 Å². The van der Waals surface area contributed by atoms with Gasteiger partial charge in [-0.1, -0.05) is 13.0 Å². The quantitative estimate of drug-likeness (QED) is 0.629. The number of carbonyl (C=O) groups is 2. The van der Waals surface area contributed by atoms with Crippen LogP contribution in [0.2, 0.25) is 0 Å². The van der Waals surface area contributed by atoms with Crippen LogP contribution < -0.4 is 4.74 Å². The van der Waals surface area contributed by atoms with Gasteiger partial charge >= 0.3 is 11.9 Å². The lowest BCUT2D eigenvalue weighted by atomic mass is 9.60. The second kappa shape index (κ2) is 6.20. The molecule has 0 aromatic heterocycles. The van der Waals surface area contributed by atoms with Crippen molar-refractivity contribution in [2.75, 3.05) is 13.6 Å². The lowest BCUT2D eigenvalue weighted by molar-refractivity contribution is -0.161. The average molecular weight is 331 g/mol. The Kier molecular flexibility index (Phi) is 4.38. The van der Waals surface area contributed by atoms with Gasteiger partial charge in [-0.05, 0) is 56.1 Å². The maximum atomic E-state index is 11.7. The van der Waals surface area contributed by atoms with E-state index in [1.165, 1.54) is 25.0 Å². The molecule has 1 aliphatic heterocycles. The Bertz CT molecular complexity index is 671. The van der Waals surface area contributed by atoms with E-state index in [0.29, 0.717) is 5.75 Å². The fourth-order valence-electron chi connectivity index (χ4n) is 4.42. The maximum Gasteiger partial charge on any atom is 0.308 e. The van der Waals surface area contributed by atoms with Crippen molar-refractivity contribution in [3.8, 4) is 5.75 Å². The Morgan fingerprint density at radius 2 is 2.04 bits per heavy atom. The van der Waals surface area contributed by atoms with E-state index in [2.05, 4.69) is 18.9 Å². The third-order valence-electron chi connectivity index (χ3n) is 5.60. The summed E-state index contributed by atoms with van der Waals surface area (Å²) in [5.74, 6) is -0.000147. The molecule has 5 nitrogen and oxygen atoms in total. The van der Waals surface area contributed by atoms with Crippen LogP contribution in [0.5, 0.6) is 5.75 Å². The molecule has 2 aliphatic rings. The zero-order valence-corrected chi connectivity index (χ0v) is 14.8. The molecule has 0 amide bonds. The molecule has 1 aliphatic carbocycles. The minimum atomic E-state index is -0.325. The largest absolute Gasteiger partial charge is 0.460 e. The highest BCUT2D eigenvalue weighted by atomic mass is 16.5. The van der Waals surface area contributed by atoms with Crippen LogP contribution in [0.1, 0.15) is 44.7 Å². The summed E-state index contributed by atoms with van der Waals surface area (Å²) in [6.45, 7) is 5.99. The van der Waals surface area contributed by atoms with Crippen molar-refractivity contribution >= 4 is 11.9 Å². The third kappa shape index (κ3) is 2.71. The second-order valence-electron chi connectivity index (χ2n) is 6.95. The Balaban J connectivity index is 2.11. The van der Waals surface area contributed by atoms with E-state index in [1.807, 2.05) is 18.2 Å². The summed E-state index contributed by atoms with van der Waals surface area (Å²) in [5, 5.41) is 0. The number of esters is 2. The summed E-state index contributed by atoms with van der Waals surface area (Å²) >= 11 is 0. The summed E-state index contributed by atoms with van der Waals surface area (Å²) in [7, 11) is 2.10. The van der Waals surface area contributed by atoms with Gasteiger partial charge in [-0.2, -0.15) is 0 Å². The molecule has 1 aromatic carbocycles. The van der Waals surface area contributed by atoms with Gasteiger partial charge in [-0.15, -0.1) is 0 Å². The Labute approximate surface area is 142 Å². The normalized spacial score (nSPS) is 28.8. The van der Waals surface area contributed by atoms with Crippen molar-refractivity contribution in [1.29, 1.82) is 0 Å². The zero-order valence-electron chi connectivity index (χ0n) is 14.8. The first-order valence-electron chi connectivity index (χ1n) is 8.56. The van der Waals surface area contributed by atoms with Crippen molar-refractivity contribution in [1.82, 2.24) is 4.90 Å². The summed E-state index contributed by atoms with van der Waals surface area (Å²) < 4.78 is 11.1. The molecule has 0 radical (unpaired) electrons. The number of ether oxygens (including phenoxy) is 2. The smallest absolute Gasteiger partial charge is 0.308 e. The molecule has 3 atom stereocenters. The van der Waals surface area contributed by atoms with Crippen molar-refractivity contribution in [3.05, 3.63) is 29.3 Å². The molecule has 1 unspecified atom stereocenters. The lowest BCUT2D eigenvalue weighted by Gasteiger charge is -2.54. The number of nitrogens with zero attached hydrogens (tertiary/aromatic N) is 1. The van der Waals surface area contributed by atoms with Crippen molar-refractivity contribution in [2.45, 2.75) is 57.6 Å². The molecular formula is C19H25NO4. The molecule has 0 saturated carbocycles. The summed E-state index contributed by atoms with van der Waals surface area (Å²) in [4.78, 5) is 25.3. The number of rotatable bonds is 3. The third-order valence-corrected chi connectivity index (χ3v) is 5.60. The van der Waals surface area contributed by atoms with Crippen LogP contribution in [-0.4, -0.2) is 42.6 Å². The van der Waals surface area contributed by atoms with Crippen molar-refractivity contribution in [2.24, 2.45) is 0 Å². The predicted octanol–water partition coefficient (Wildman–Crippen LogP) is 2.45. The molecule has 130 valence electrons. The highest BCUT2D eigenvalue weighted by Crippen LogP contribution is 2.49.